The van der Waals surface area contributed by atoms with Crippen molar-refractivity contribution in [3.05, 3.63) is 119 Å². The molecule has 0 amide bonds. The van der Waals surface area contributed by atoms with Crippen molar-refractivity contribution in [3.8, 4) is 23.0 Å². The Labute approximate surface area is 415 Å². The van der Waals surface area contributed by atoms with E-state index in [-0.39, 0.29) is 17.5 Å². The molecule has 14 heteroatoms. The van der Waals surface area contributed by atoms with Gasteiger partial charge in [0.05, 0.1) is 56.4 Å². The van der Waals surface area contributed by atoms with Crippen LogP contribution in [-0.4, -0.2) is 119 Å². The quantitative estimate of drug-likeness (QED) is 0.116. The summed E-state index contributed by atoms with van der Waals surface area (Å²) >= 11 is 0. The van der Waals surface area contributed by atoms with E-state index in [4.69, 9.17) is 23.7 Å². The molecule has 4 aliphatic heterocycles. The van der Waals surface area contributed by atoms with Gasteiger partial charge >= 0.3 is 11.9 Å². The molecular weight excluding hydrogens is 901 g/mol. The number of piperidine rings is 2. The lowest BCUT2D eigenvalue weighted by molar-refractivity contribution is 0.0593. The number of aromatic nitrogens is 2. The number of hydrogen-bond acceptors (Lipinski definition) is 11. The highest BCUT2D eigenvalue weighted by atomic mass is 16.5. The van der Waals surface area contributed by atoms with Crippen LogP contribution in [-0.2, 0) is 17.6 Å². The molecule has 0 unspecified atom stereocenters. The van der Waals surface area contributed by atoms with Crippen molar-refractivity contribution in [2.24, 2.45) is 0 Å². The number of hydrogen-bond donors (Lipinski definition) is 1. The summed E-state index contributed by atoms with van der Waals surface area (Å²) in [6.45, 7) is 13.4. The van der Waals surface area contributed by atoms with Gasteiger partial charge in [0.1, 0.15) is 34.2 Å². The second-order valence-electron chi connectivity index (χ2n) is 20.6. The van der Waals surface area contributed by atoms with Crippen molar-refractivity contribution >= 4 is 45.3 Å². The number of Topliss-reactive ketones (excluding diaryl/α,β-unsaturated/α-hetero) is 2. The van der Waals surface area contributed by atoms with E-state index in [1.807, 2.05) is 76.2 Å². The van der Waals surface area contributed by atoms with Crippen molar-refractivity contribution in [1.82, 2.24) is 18.9 Å². The Morgan fingerprint density at radius 1 is 0.606 bits per heavy atom. The van der Waals surface area contributed by atoms with Crippen LogP contribution in [0.25, 0.3) is 21.8 Å². The largest absolute Gasteiger partial charge is 0.496 e. The minimum Gasteiger partial charge on any atom is -0.496 e. The fraction of sp³-hybridized carbons (Fsp3) is 0.439. The standard InChI is InChI=1S/C29H34N2O5.C28H32N2O5/c1-29(2)18-25(32)22-7-8-26(34-3)23(27(22)36-29)12-15-30-13-10-21(11-14-30)31-16-9-19-5-6-20(17-24(19)31)28(33)35-4;1-28(2)17-24(31)21-6-7-25(34-3)22(26(21)35-28)11-14-29-12-9-20(10-13-29)30-15-8-18-4-5-19(27(32)33)16-23(18)30/h5-9,16-17,21H,10-15,18H2,1-4H3;4-8,15-16,20H,9-14,17H2,1-3H3,(H,32,33). The molecule has 2 fully saturated rings. The van der Waals surface area contributed by atoms with Crippen LogP contribution in [0.15, 0.2) is 85.2 Å². The van der Waals surface area contributed by atoms with E-state index in [1.165, 1.54) is 7.11 Å². The molecule has 14 nitrogen and oxygen atoms in total. The molecule has 71 heavy (non-hydrogen) atoms. The first-order valence-electron chi connectivity index (χ1n) is 24.9. The van der Waals surface area contributed by atoms with Gasteiger partial charge in [0, 0.05) is 85.9 Å². The highest BCUT2D eigenvalue weighted by molar-refractivity contribution is 6.02. The second kappa shape index (κ2) is 20.2. The van der Waals surface area contributed by atoms with Gasteiger partial charge in [-0.2, -0.15) is 0 Å². The summed E-state index contributed by atoms with van der Waals surface area (Å²) in [6.07, 6.45) is 10.5. The monoisotopic (exact) mass is 966 g/mol. The van der Waals surface area contributed by atoms with Gasteiger partial charge in [-0.3, -0.25) is 9.59 Å². The number of benzene rings is 4. The van der Waals surface area contributed by atoms with Crippen LogP contribution >= 0.6 is 0 Å². The number of rotatable bonds is 12. The number of carbonyl (C=O) groups excluding carboxylic acids is 3. The van der Waals surface area contributed by atoms with E-state index < -0.39 is 17.2 Å². The molecule has 4 aliphatic rings. The number of likely N-dealkylation sites (tertiary alicyclic amines) is 2. The molecular formula is C57H66N4O10. The van der Waals surface area contributed by atoms with E-state index in [1.54, 1.807) is 26.4 Å². The predicted octanol–water partition coefficient (Wildman–Crippen LogP) is 10.0. The Morgan fingerprint density at radius 2 is 1.03 bits per heavy atom. The van der Waals surface area contributed by atoms with Crippen LogP contribution in [0.2, 0.25) is 0 Å². The van der Waals surface area contributed by atoms with E-state index >= 15 is 0 Å². The van der Waals surface area contributed by atoms with Gasteiger partial charge in [-0.05, 0) is 138 Å². The number of carboxylic acid groups (broad SMARTS) is 1. The molecule has 0 aliphatic carbocycles. The fourth-order valence-electron chi connectivity index (χ4n) is 11.0. The van der Waals surface area contributed by atoms with Gasteiger partial charge < -0.3 is 47.7 Å². The minimum atomic E-state index is -0.901. The number of aromatic carboxylic acids is 1. The van der Waals surface area contributed by atoms with Crippen LogP contribution < -0.4 is 18.9 Å². The zero-order valence-corrected chi connectivity index (χ0v) is 42.0. The second-order valence-corrected chi connectivity index (χ2v) is 20.6. The first-order valence-corrected chi connectivity index (χ1v) is 24.9. The molecule has 0 spiro atoms. The summed E-state index contributed by atoms with van der Waals surface area (Å²) in [5, 5.41) is 11.6. The number of esters is 1. The number of carbonyl (C=O) groups is 4. The van der Waals surface area contributed by atoms with E-state index in [9.17, 15) is 24.3 Å². The number of ether oxygens (including phenoxy) is 5. The highest BCUT2D eigenvalue weighted by Gasteiger charge is 2.37. The summed E-state index contributed by atoms with van der Waals surface area (Å²) in [4.78, 5) is 53.8. The van der Waals surface area contributed by atoms with E-state index in [2.05, 4.69) is 43.5 Å². The molecule has 0 atom stereocenters. The highest BCUT2D eigenvalue weighted by Crippen LogP contribution is 2.42. The molecule has 10 rings (SSSR count). The normalized spacial score (nSPS) is 18.2. The molecule has 0 saturated carbocycles. The van der Waals surface area contributed by atoms with Crippen LogP contribution in [0, 0.1) is 0 Å². The number of carboxylic acids is 1. The summed E-state index contributed by atoms with van der Waals surface area (Å²) < 4.78 is 33.3. The Bertz CT molecular complexity index is 2990. The third kappa shape index (κ3) is 10.4. The number of fused-ring (bicyclic) bond motifs is 4. The Morgan fingerprint density at radius 3 is 1.44 bits per heavy atom. The average Bonchev–Trinajstić information content (AvgIpc) is 3.98. The lowest BCUT2D eigenvalue weighted by Crippen LogP contribution is -2.37. The van der Waals surface area contributed by atoms with Gasteiger partial charge in [-0.25, -0.2) is 9.59 Å². The third-order valence-electron chi connectivity index (χ3n) is 14.8. The summed E-state index contributed by atoms with van der Waals surface area (Å²) in [7, 11) is 4.73. The zero-order valence-electron chi connectivity index (χ0n) is 42.0. The first kappa shape index (κ1) is 49.3. The van der Waals surface area contributed by atoms with Crippen molar-refractivity contribution < 1.29 is 48.0 Å². The molecule has 2 saturated heterocycles. The molecule has 2 aromatic heterocycles. The summed E-state index contributed by atoms with van der Waals surface area (Å²) in [6, 6.07) is 23.3. The Balaban J connectivity index is 0.000000176. The van der Waals surface area contributed by atoms with Gasteiger partial charge in [0.25, 0.3) is 0 Å². The SMILES string of the molecule is COC(=O)c1ccc2ccn(C3CCN(CCc4c(OC)ccc5c4OC(C)(C)CC5=O)CC3)c2c1.COc1ccc2c(c1CCN1CCC(n3ccc4ccc(C(=O)O)cc43)CC1)OC(C)(C)CC2=O. The van der Waals surface area contributed by atoms with Gasteiger partial charge in [0.2, 0.25) is 0 Å². The molecule has 374 valence electrons. The maximum Gasteiger partial charge on any atom is 0.337 e. The zero-order chi connectivity index (χ0) is 50.2. The number of methoxy groups -OCH3 is 3. The lowest BCUT2D eigenvalue weighted by atomic mass is 9.90. The molecule has 1 N–H and O–H groups in total. The maximum absolute atomic E-state index is 12.7. The molecule has 0 bridgehead atoms. The van der Waals surface area contributed by atoms with Crippen molar-refractivity contribution in [2.45, 2.75) is 102 Å². The molecule has 4 aromatic carbocycles. The van der Waals surface area contributed by atoms with Gasteiger partial charge in [-0.15, -0.1) is 0 Å². The van der Waals surface area contributed by atoms with Crippen molar-refractivity contribution in [1.29, 1.82) is 0 Å². The minimum absolute atomic E-state index is 0.117. The average molecular weight is 967 g/mol. The predicted molar refractivity (Wildman–Crippen MR) is 272 cm³/mol. The van der Waals surface area contributed by atoms with Crippen LogP contribution in [0.5, 0.6) is 23.0 Å². The lowest BCUT2D eigenvalue weighted by Gasteiger charge is -2.35. The first-order chi connectivity index (χ1) is 34.0. The van der Waals surface area contributed by atoms with E-state index in [0.717, 1.165) is 122 Å². The van der Waals surface area contributed by atoms with Crippen molar-refractivity contribution in [3.63, 3.8) is 0 Å². The number of ketones is 2. The molecule has 6 aromatic rings. The summed E-state index contributed by atoms with van der Waals surface area (Å²) in [5.41, 5.74) is 5.16. The van der Waals surface area contributed by atoms with Crippen LogP contribution in [0.3, 0.4) is 0 Å². The Hall–Kier alpha value is -6.64. The summed E-state index contributed by atoms with van der Waals surface area (Å²) in [5.74, 6) is 1.92. The van der Waals surface area contributed by atoms with Crippen molar-refractivity contribution in [2.75, 3.05) is 60.6 Å². The molecule has 0 radical (unpaired) electrons. The number of nitrogens with zero attached hydrogens (tertiary/aromatic N) is 4. The van der Waals surface area contributed by atoms with Gasteiger partial charge in [-0.1, -0.05) is 12.1 Å². The maximum atomic E-state index is 12.7. The fourth-order valence-corrected chi connectivity index (χ4v) is 11.0. The molecule has 6 heterocycles. The third-order valence-corrected chi connectivity index (χ3v) is 14.8. The smallest absolute Gasteiger partial charge is 0.337 e. The van der Waals surface area contributed by atoms with Crippen LogP contribution in [0.1, 0.15) is 131 Å². The Kier molecular flexibility index (Phi) is 14.1. The van der Waals surface area contributed by atoms with E-state index in [0.29, 0.717) is 58.7 Å². The van der Waals surface area contributed by atoms with Crippen LogP contribution in [0.4, 0.5) is 0 Å². The topological polar surface area (TPSA) is 151 Å². The van der Waals surface area contributed by atoms with Gasteiger partial charge in [0.15, 0.2) is 11.6 Å².